The lowest BCUT2D eigenvalue weighted by atomic mass is 10.1. The molecule has 0 heterocycles. The normalized spacial score (nSPS) is 12.5. The topological polar surface area (TPSA) is 86.8 Å². The van der Waals surface area contributed by atoms with Crippen molar-refractivity contribution < 1.29 is 31.2 Å². The van der Waals surface area contributed by atoms with E-state index < -0.39 is 46.2 Å². The maximum Gasteiger partial charge on any atom is 0.416 e. The number of likely N-dealkylation sites (N-methyl/N-ethyl adjacent to an activating group) is 1. The van der Waals surface area contributed by atoms with Crippen molar-refractivity contribution >= 4 is 50.7 Å². The molecule has 0 aliphatic heterocycles. The second kappa shape index (κ2) is 12.5. The first-order chi connectivity index (χ1) is 18.7. The Morgan fingerprint density at radius 1 is 0.975 bits per heavy atom. The van der Waals surface area contributed by atoms with Gasteiger partial charge in [0.25, 0.3) is 10.0 Å². The van der Waals surface area contributed by atoms with Gasteiger partial charge in [-0.2, -0.15) is 13.2 Å². The van der Waals surface area contributed by atoms with Crippen LogP contribution in [0.3, 0.4) is 0 Å². The molecule has 214 valence electrons. The number of benzene rings is 3. The smallest absolute Gasteiger partial charge is 0.357 e. The number of carbonyl (C=O) groups is 2. The van der Waals surface area contributed by atoms with Crippen LogP contribution in [0.1, 0.15) is 23.6 Å². The lowest BCUT2D eigenvalue weighted by Crippen LogP contribution is -2.50. The summed E-state index contributed by atoms with van der Waals surface area (Å²) in [6.45, 7) is 1.97. The van der Waals surface area contributed by atoms with E-state index in [0.29, 0.717) is 15.9 Å². The number of nitrogens with one attached hydrogen (secondary N) is 1. The van der Waals surface area contributed by atoms with E-state index in [1.165, 1.54) is 50.4 Å². The minimum Gasteiger partial charge on any atom is -0.357 e. The molecular weight excluding hydrogens is 590 g/mol. The molecule has 1 N–H and O–H groups in total. The average Bonchev–Trinajstić information content (AvgIpc) is 2.90. The fraction of sp³-hybridized carbons (Fsp3) is 0.259. The zero-order valence-electron chi connectivity index (χ0n) is 21.7. The Hall–Kier alpha value is -3.28. The molecule has 0 spiro atoms. The van der Waals surface area contributed by atoms with E-state index >= 15 is 0 Å². The third-order valence-electron chi connectivity index (χ3n) is 6.15. The number of hydrogen-bond donors (Lipinski definition) is 1. The molecule has 0 saturated heterocycles. The van der Waals surface area contributed by atoms with Crippen LogP contribution in [0.4, 0.5) is 18.9 Å². The Morgan fingerprint density at radius 2 is 1.55 bits per heavy atom. The van der Waals surface area contributed by atoms with E-state index in [-0.39, 0.29) is 27.2 Å². The second-order valence-corrected chi connectivity index (χ2v) is 11.6. The van der Waals surface area contributed by atoms with Crippen molar-refractivity contribution in [2.75, 3.05) is 17.9 Å². The van der Waals surface area contributed by atoms with E-state index in [9.17, 15) is 31.2 Å². The second-order valence-electron chi connectivity index (χ2n) is 8.88. The van der Waals surface area contributed by atoms with Gasteiger partial charge in [-0.25, -0.2) is 8.42 Å². The molecule has 0 aliphatic carbocycles. The summed E-state index contributed by atoms with van der Waals surface area (Å²) in [4.78, 5) is 27.1. The van der Waals surface area contributed by atoms with Crippen molar-refractivity contribution in [2.45, 2.75) is 37.5 Å². The predicted molar refractivity (Wildman–Crippen MR) is 148 cm³/mol. The molecular formula is C27H26Cl2F3N3O4S. The summed E-state index contributed by atoms with van der Waals surface area (Å²) >= 11 is 12.6. The third kappa shape index (κ3) is 7.07. The van der Waals surface area contributed by atoms with Gasteiger partial charge in [-0.3, -0.25) is 13.9 Å². The summed E-state index contributed by atoms with van der Waals surface area (Å²) in [6, 6.07) is 12.8. The Morgan fingerprint density at radius 3 is 2.10 bits per heavy atom. The molecule has 13 heteroatoms. The Labute approximate surface area is 240 Å². The number of rotatable bonds is 9. The minimum absolute atomic E-state index is 0.205. The largest absolute Gasteiger partial charge is 0.416 e. The highest BCUT2D eigenvalue weighted by Crippen LogP contribution is 2.34. The van der Waals surface area contributed by atoms with E-state index in [0.717, 1.165) is 28.7 Å². The molecule has 0 aromatic heterocycles. The van der Waals surface area contributed by atoms with Gasteiger partial charge in [-0.15, -0.1) is 0 Å². The fourth-order valence-corrected chi connectivity index (χ4v) is 5.77. The lowest BCUT2D eigenvalue weighted by molar-refractivity contribution is -0.139. The molecule has 3 aromatic rings. The number of aryl methyl sites for hydroxylation is 1. The number of hydrogen-bond acceptors (Lipinski definition) is 4. The summed E-state index contributed by atoms with van der Waals surface area (Å²) in [5, 5.41) is 2.84. The SMILES string of the molecule is CNC(=O)[C@@H](C)N(Cc1c(Cl)cccc1Cl)C(=O)CN(c1cccc(C(F)(F)F)c1)S(=O)(=O)c1ccc(C)cc1. The molecule has 3 rings (SSSR count). The van der Waals surface area contributed by atoms with Gasteiger partial charge in [0.15, 0.2) is 0 Å². The van der Waals surface area contributed by atoms with Gasteiger partial charge in [0.1, 0.15) is 12.6 Å². The van der Waals surface area contributed by atoms with Gasteiger partial charge in [-0.05, 0) is 56.3 Å². The van der Waals surface area contributed by atoms with Crippen LogP contribution in [0.5, 0.6) is 0 Å². The quantitative estimate of drug-likeness (QED) is 0.335. The van der Waals surface area contributed by atoms with E-state index in [1.54, 1.807) is 13.0 Å². The van der Waals surface area contributed by atoms with Crippen molar-refractivity contribution in [1.29, 1.82) is 0 Å². The molecule has 0 fully saturated rings. The van der Waals surface area contributed by atoms with Crippen LogP contribution >= 0.6 is 23.2 Å². The fourth-order valence-electron chi connectivity index (χ4n) is 3.85. The van der Waals surface area contributed by atoms with Gasteiger partial charge >= 0.3 is 6.18 Å². The number of halogens is 5. The number of anilines is 1. The van der Waals surface area contributed by atoms with E-state index in [2.05, 4.69) is 5.32 Å². The van der Waals surface area contributed by atoms with Crippen LogP contribution in [0.15, 0.2) is 71.6 Å². The van der Waals surface area contributed by atoms with Crippen molar-refractivity contribution in [3.63, 3.8) is 0 Å². The highest BCUT2D eigenvalue weighted by molar-refractivity contribution is 7.92. The Bertz CT molecular complexity index is 1480. The maximum atomic E-state index is 13.8. The highest BCUT2D eigenvalue weighted by atomic mass is 35.5. The minimum atomic E-state index is -4.76. The first kappa shape index (κ1) is 31.3. The highest BCUT2D eigenvalue weighted by Gasteiger charge is 2.35. The van der Waals surface area contributed by atoms with Crippen molar-refractivity contribution in [3.8, 4) is 0 Å². The maximum absolute atomic E-state index is 13.8. The number of sulfonamides is 1. The zero-order valence-corrected chi connectivity index (χ0v) is 24.0. The zero-order chi connectivity index (χ0) is 29.8. The summed E-state index contributed by atoms with van der Waals surface area (Å²) in [6.07, 6.45) is -4.76. The van der Waals surface area contributed by atoms with Crippen molar-refractivity contribution in [3.05, 3.63) is 93.5 Å². The first-order valence-corrected chi connectivity index (χ1v) is 14.1. The lowest BCUT2D eigenvalue weighted by Gasteiger charge is -2.32. The summed E-state index contributed by atoms with van der Waals surface area (Å²) < 4.78 is 68.6. The molecule has 3 aromatic carbocycles. The molecule has 2 amide bonds. The van der Waals surface area contributed by atoms with Gasteiger partial charge in [0, 0.05) is 29.2 Å². The summed E-state index contributed by atoms with van der Waals surface area (Å²) in [7, 11) is -3.17. The number of alkyl halides is 3. The predicted octanol–water partition coefficient (Wildman–Crippen LogP) is 5.68. The Kier molecular flexibility index (Phi) is 9.76. The molecule has 40 heavy (non-hydrogen) atoms. The van der Waals surface area contributed by atoms with Crippen LogP contribution in [-0.2, 0) is 32.3 Å². The number of carbonyl (C=O) groups excluding carboxylic acids is 2. The van der Waals surface area contributed by atoms with Crippen LogP contribution < -0.4 is 9.62 Å². The Balaban J connectivity index is 2.13. The molecule has 0 bridgehead atoms. The standard InChI is InChI=1S/C27H26Cl2F3N3O4S/c1-17-10-12-21(13-11-17)40(38,39)35(20-7-4-6-19(14-20)27(30,31)32)16-25(36)34(18(2)26(37)33-3)15-22-23(28)8-5-9-24(22)29/h4-14,18H,15-16H2,1-3H3,(H,33,37)/t18-/m1/s1. The van der Waals surface area contributed by atoms with Crippen LogP contribution in [0.2, 0.25) is 10.0 Å². The number of amides is 2. The summed E-state index contributed by atoms with van der Waals surface area (Å²) in [5.41, 5.74) is -0.420. The van der Waals surface area contributed by atoms with Gasteiger partial charge in [-0.1, -0.05) is 53.0 Å². The van der Waals surface area contributed by atoms with Crippen molar-refractivity contribution in [1.82, 2.24) is 10.2 Å². The summed E-state index contributed by atoms with van der Waals surface area (Å²) in [5.74, 6) is -1.44. The van der Waals surface area contributed by atoms with Gasteiger partial charge in [0.2, 0.25) is 11.8 Å². The van der Waals surface area contributed by atoms with Crippen molar-refractivity contribution in [2.24, 2.45) is 0 Å². The number of nitrogens with zero attached hydrogens (tertiary/aromatic N) is 2. The molecule has 1 atom stereocenters. The molecule has 0 radical (unpaired) electrons. The van der Waals surface area contributed by atoms with E-state index in [4.69, 9.17) is 23.2 Å². The van der Waals surface area contributed by atoms with Crippen LogP contribution in [0.25, 0.3) is 0 Å². The third-order valence-corrected chi connectivity index (χ3v) is 8.65. The van der Waals surface area contributed by atoms with Crippen LogP contribution in [0, 0.1) is 6.92 Å². The molecule has 0 saturated carbocycles. The van der Waals surface area contributed by atoms with E-state index in [1.807, 2.05) is 0 Å². The van der Waals surface area contributed by atoms with Gasteiger partial charge in [0.05, 0.1) is 16.1 Å². The molecule has 0 unspecified atom stereocenters. The molecule has 0 aliphatic rings. The van der Waals surface area contributed by atoms with Crippen LogP contribution in [-0.4, -0.2) is 44.8 Å². The average molecular weight is 616 g/mol. The first-order valence-electron chi connectivity index (χ1n) is 11.9. The van der Waals surface area contributed by atoms with Gasteiger partial charge < -0.3 is 10.2 Å². The monoisotopic (exact) mass is 615 g/mol. The molecule has 7 nitrogen and oxygen atoms in total.